The molecule has 0 saturated carbocycles. The Morgan fingerprint density at radius 3 is 1.75 bits per heavy atom. The first-order valence-electron chi connectivity index (χ1n) is 3.21. The topological polar surface area (TPSA) is 110 Å². The number of carbonyl (C=O) groups is 2. The van der Waals surface area contributed by atoms with Crippen molar-refractivity contribution in [2.45, 2.75) is 6.17 Å². The lowest BCUT2D eigenvalue weighted by Crippen LogP contribution is -2.52. The molecule has 0 spiro atoms. The molecule has 6 N–H and O–H groups in total. The van der Waals surface area contributed by atoms with Crippen LogP contribution in [0.15, 0.2) is 11.8 Å². The Hall–Kier alpha value is -1.50. The molecule has 0 rings (SSSR count). The largest absolute Gasteiger partial charge is 0.352 e. The lowest BCUT2D eigenvalue weighted by atomic mass is 10.4. The van der Waals surface area contributed by atoms with Crippen molar-refractivity contribution < 1.29 is 9.59 Å². The van der Waals surface area contributed by atoms with Crippen molar-refractivity contribution in [3.8, 4) is 0 Å². The number of hydrogen-bond acceptors (Lipinski definition) is 2. The fourth-order valence-corrected chi connectivity index (χ4v) is 0.856. The molecule has 0 fully saturated rings. The zero-order chi connectivity index (χ0) is 9.72. The molecule has 0 aliphatic carbocycles. The van der Waals surface area contributed by atoms with Crippen LogP contribution in [0.2, 0.25) is 0 Å². The van der Waals surface area contributed by atoms with Crippen LogP contribution in [0.25, 0.3) is 0 Å². The van der Waals surface area contributed by atoms with Gasteiger partial charge in [0.15, 0.2) is 0 Å². The lowest BCUT2D eigenvalue weighted by molar-refractivity contribution is 0.238. The van der Waals surface area contributed by atoms with Crippen LogP contribution in [0, 0.1) is 0 Å². The van der Waals surface area contributed by atoms with Gasteiger partial charge in [0.2, 0.25) is 0 Å². The fourth-order valence-electron chi connectivity index (χ4n) is 0.567. The predicted molar refractivity (Wildman–Crippen MR) is 48.3 cm³/mol. The number of carbonyl (C=O) groups excluding carboxylic acids is 2. The summed E-state index contributed by atoms with van der Waals surface area (Å²) in [4.78, 5) is 20.8. The van der Waals surface area contributed by atoms with E-state index in [1.165, 1.54) is 0 Å². The van der Waals surface area contributed by atoms with E-state index in [0.717, 1.165) is 0 Å². The molecule has 4 amide bonds. The van der Waals surface area contributed by atoms with Gasteiger partial charge in [-0.2, -0.15) is 0 Å². The molecular formula is C5H12N4O2Si. The normalized spacial score (nSPS) is 9.42. The number of rotatable bonds is 3. The van der Waals surface area contributed by atoms with Crippen molar-refractivity contribution in [3.63, 3.8) is 0 Å². The van der Waals surface area contributed by atoms with Gasteiger partial charge in [0.05, 0.1) is 0 Å². The summed E-state index contributed by atoms with van der Waals surface area (Å²) in [6, 6.07) is -1.46. The maximum absolute atomic E-state index is 10.4. The van der Waals surface area contributed by atoms with Crippen molar-refractivity contribution in [2.75, 3.05) is 0 Å². The zero-order valence-corrected chi connectivity index (χ0v) is 8.76. The minimum Gasteiger partial charge on any atom is -0.352 e. The fraction of sp³-hybridized carbons (Fsp3) is 0.200. The van der Waals surface area contributed by atoms with Gasteiger partial charge in [-0.25, -0.2) is 9.59 Å². The number of nitrogens with two attached hydrogens (primary N) is 2. The summed E-state index contributed by atoms with van der Waals surface area (Å²) in [5, 5.41) is 5.22. The first-order valence-corrected chi connectivity index (χ1v) is 4.21. The zero-order valence-electron chi connectivity index (χ0n) is 6.76. The number of urea groups is 2. The maximum Gasteiger partial charge on any atom is 0.314 e. The van der Waals surface area contributed by atoms with Gasteiger partial charge in [0.25, 0.3) is 0 Å². The van der Waals surface area contributed by atoms with E-state index in [2.05, 4.69) is 17.2 Å². The molecule has 0 saturated heterocycles. The summed E-state index contributed by atoms with van der Waals surface area (Å²) in [6.07, 6.45) is -0.647. The summed E-state index contributed by atoms with van der Waals surface area (Å²) < 4.78 is 0. The van der Waals surface area contributed by atoms with Crippen molar-refractivity contribution in [3.05, 3.63) is 11.8 Å². The van der Waals surface area contributed by atoms with Gasteiger partial charge in [-0.15, -0.1) is 6.58 Å². The Morgan fingerprint density at radius 1 is 1.25 bits per heavy atom. The van der Waals surface area contributed by atoms with Gasteiger partial charge in [-0.3, -0.25) is 0 Å². The molecule has 0 heterocycles. The van der Waals surface area contributed by atoms with Gasteiger partial charge in [-0.05, 0) is 0 Å². The minimum atomic E-state index is -0.731. The van der Waals surface area contributed by atoms with Crippen LogP contribution in [-0.4, -0.2) is 28.5 Å². The first kappa shape index (κ1) is 10.5. The third kappa shape index (κ3) is 4.33. The van der Waals surface area contributed by atoms with Crippen molar-refractivity contribution in [1.82, 2.24) is 10.6 Å². The SMILES string of the molecule is C=C([SiH3])C(NC(N)=O)NC(N)=O. The van der Waals surface area contributed by atoms with Crippen LogP contribution in [-0.2, 0) is 0 Å². The number of primary amides is 2. The van der Waals surface area contributed by atoms with Crippen LogP contribution in [0.5, 0.6) is 0 Å². The summed E-state index contributed by atoms with van der Waals surface area (Å²) in [5.41, 5.74) is 9.68. The van der Waals surface area contributed by atoms with Gasteiger partial charge >= 0.3 is 12.1 Å². The number of nitrogens with one attached hydrogen (secondary N) is 2. The van der Waals surface area contributed by atoms with E-state index < -0.39 is 18.2 Å². The Bertz CT molecular complexity index is 201. The van der Waals surface area contributed by atoms with Gasteiger partial charge < -0.3 is 22.1 Å². The highest BCUT2D eigenvalue weighted by atomic mass is 28.1. The second kappa shape index (κ2) is 4.39. The second-order valence-electron chi connectivity index (χ2n) is 2.30. The van der Waals surface area contributed by atoms with Crippen molar-refractivity contribution in [1.29, 1.82) is 0 Å². The average Bonchev–Trinajstić information content (AvgIpc) is 1.83. The quantitative estimate of drug-likeness (QED) is 0.291. The predicted octanol–water partition coefficient (Wildman–Crippen LogP) is -2.47. The number of amides is 4. The smallest absolute Gasteiger partial charge is 0.314 e. The van der Waals surface area contributed by atoms with Crippen LogP contribution >= 0.6 is 0 Å². The summed E-state index contributed by atoms with van der Waals surface area (Å²) in [7, 11) is 0.628. The average molecular weight is 188 g/mol. The van der Waals surface area contributed by atoms with Crippen molar-refractivity contribution >= 4 is 22.3 Å². The van der Waals surface area contributed by atoms with E-state index in [-0.39, 0.29) is 0 Å². The van der Waals surface area contributed by atoms with Gasteiger partial charge in [-0.1, -0.05) is 5.20 Å². The van der Waals surface area contributed by atoms with Crippen LogP contribution in [0.1, 0.15) is 0 Å². The molecule has 0 aliphatic heterocycles. The molecule has 0 aliphatic rings. The Labute approximate surface area is 72.8 Å². The van der Waals surface area contributed by atoms with E-state index in [0.29, 0.717) is 15.4 Å². The molecule has 6 nitrogen and oxygen atoms in total. The Kier molecular flexibility index (Phi) is 3.84. The highest BCUT2D eigenvalue weighted by Gasteiger charge is 2.11. The van der Waals surface area contributed by atoms with Crippen LogP contribution < -0.4 is 22.1 Å². The van der Waals surface area contributed by atoms with Gasteiger partial charge in [0, 0.05) is 10.2 Å². The van der Waals surface area contributed by atoms with E-state index in [1.807, 2.05) is 0 Å². The lowest BCUT2D eigenvalue weighted by Gasteiger charge is -2.17. The Balaban J connectivity index is 4.14. The molecular weight excluding hydrogens is 176 g/mol. The summed E-state index contributed by atoms with van der Waals surface area (Å²) in [6.45, 7) is 3.58. The first-order chi connectivity index (χ1) is 5.43. The Morgan fingerprint density at radius 2 is 1.58 bits per heavy atom. The highest BCUT2D eigenvalue weighted by molar-refractivity contribution is 6.22. The van der Waals surface area contributed by atoms with Gasteiger partial charge in [0.1, 0.15) is 6.17 Å². The highest BCUT2D eigenvalue weighted by Crippen LogP contribution is 1.88. The summed E-state index contributed by atoms with van der Waals surface area (Å²) in [5.74, 6) is 0. The van der Waals surface area contributed by atoms with Crippen LogP contribution in [0.3, 0.4) is 0 Å². The maximum atomic E-state index is 10.4. The minimum absolute atomic E-state index is 0.628. The number of hydrogen-bond donors (Lipinski definition) is 4. The van der Waals surface area contributed by atoms with Crippen molar-refractivity contribution in [2.24, 2.45) is 11.5 Å². The molecule has 68 valence electrons. The third-order valence-corrected chi connectivity index (χ3v) is 1.64. The molecule has 12 heavy (non-hydrogen) atoms. The molecule has 0 aromatic rings. The molecule has 0 radical (unpaired) electrons. The molecule has 0 aromatic heterocycles. The molecule has 0 bridgehead atoms. The molecule has 7 heteroatoms. The molecule has 0 unspecified atom stereocenters. The second-order valence-corrected chi connectivity index (χ2v) is 3.58. The van der Waals surface area contributed by atoms with E-state index in [1.54, 1.807) is 0 Å². The van der Waals surface area contributed by atoms with E-state index in [9.17, 15) is 9.59 Å². The van der Waals surface area contributed by atoms with E-state index in [4.69, 9.17) is 11.5 Å². The summed E-state index contributed by atoms with van der Waals surface area (Å²) >= 11 is 0. The standard InChI is InChI=1S/C5H12N4O2Si/c1-2(12)3(8-4(6)10)9-5(7)11/h3H,1H2,12H3,(H3,6,8,10)(H3,7,9,11). The molecule has 0 aromatic carbocycles. The monoisotopic (exact) mass is 188 g/mol. The van der Waals surface area contributed by atoms with E-state index >= 15 is 0 Å². The molecule has 0 atom stereocenters. The third-order valence-electron chi connectivity index (χ3n) is 1.07. The van der Waals surface area contributed by atoms with Crippen LogP contribution in [0.4, 0.5) is 9.59 Å².